The minimum atomic E-state index is -0.00810. The number of nitrogens with one attached hydrogen (secondary N) is 2. The number of rotatable bonds is 0. The maximum atomic E-state index is 9.59. The molecule has 0 saturated heterocycles. The second-order valence-corrected chi connectivity index (χ2v) is 4.06. The van der Waals surface area contributed by atoms with Crippen molar-refractivity contribution in [1.29, 1.82) is 0 Å². The topological polar surface area (TPSA) is 44.3 Å². The fourth-order valence-corrected chi connectivity index (χ4v) is 1.52. The van der Waals surface area contributed by atoms with Crippen LogP contribution in [0.3, 0.4) is 0 Å². The Balaban J connectivity index is 2.44. The van der Waals surface area contributed by atoms with Crippen LogP contribution < -0.4 is 10.6 Å². The predicted octanol–water partition coefficient (Wildman–Crippen LogP) is 2.01. The number of fused-ring (bicyclic) bond motifs is 1. The molecule has 1 heterocycles. The molecule has 13 heavy (non-hydrogen) atoms. The van der Waals surface area contributed by atoms with Gasteiger partial charge in [0.25, 0.3) is 0 Å². The van der Waals surface area contributed by atoms with Gasteiger partial charge in [0.05, 0.1) is 5.69 Å². The first-order chi connectivity index (χ1) is 6.08. The minimum Gasteiger partial charge on any atom is -0.506 e. The van der Waals surface area contributed by atoms with Gasteiger partial charge in [-0.1, -0.05) is 6.07 Å². The molecule has 0 atom stereocenters. The quantitative estimate of drug-likeness (QED) is 0.532. The van der Waals surface area contributed by atoms with Crippen molar-refractivity contribution in [3.8, 4) is 5.75 Å². The van der Waals surface area contributed by atoms with E-state index in [1.54, 1.807) is 6.07 Å². The van der Waals surface area contributed by atoms with Crippen LogP contribution >= 0.6 is 0 Å². The zero-order valence-electron chi connectivity index (χ0n) is 7.89. The molecule has 1 aromatic rings. The monoisotopic (exact) mass is 178 g/mol. The van der Waals surface area contributed by atoms with Gasteiger partial charge in [0.2, 0.25) is 0 Å². The van der Waals surface area contributed by atoms with E-state index in [0.29, 0.717) is 5.75 Å². The number of benzene rings is 1. The lowest BCUT2D eigenvalue weighted by atomic mass is 10.0. The average molecular weight is 178 g/mol. The van der Waals surface area contributed by atoms with Gasteiger partial charge in [-0.25, -0.2) is 0 Å². The number of phenols is 1. The molecule has 0 amide bonds. The summed E-state index contributed by atoms with van der Waals surface area (Å²) in [4.78, 5) is 0. The number of hydrogen-bond acceptors (Lipinski definition) is 3. The van der Waals surface area contributed by atoms with Gasteiger partial charge in [-0.2, -0.15) is 0 Å². The maximum Gasteiger partial charge on any atom is 0.140 e. The molecule has 0 aliphatic carbocycles. The Morgan fingerprint density at radius 2 is 2.15 bits per heavy atom. The molecular formula is C10H14N2O. The molecule has 3 heteroatoms. The molecule has 1 aliphatic heterocycles. The van der Waals surface area contributed by atoms with Crippen LogP contribution in [0.15, 0.2) is 18.2 Å². The first kappa shape index (κ1) is 8.23. The van der Waals surface area contributed by atoms with E-state index in [1.807, 2.05) is 12.1 Å². The Hall–Kier alpha value is -1.38. The molecule has 3 N–H and O–H groups in total. The molecule has 70 valence electrons. The largest absolute Gasteiger partial charge is 0.506 e. The van der Waals surface area contributed by atoms with E-state index >= 15 is 0 Å². The SMILES string of the molecule is CC1(C)CNc2cccc(O)c2N1. The van der Waals surface area contributed by atoms with E-state index in [-0.39, 0.29) is 5.54 Å². The number of aromatic hydroxyl groups is 1. The highest BCUT2D eigenvalue weighted by atomic mass is 16.3. The van der Waals surface area contributed by atoms with Gasteiger partial charge < -0.3 is 15.7 Å². The third-order valence-corrected chi connectivity index (χ3v) is 2.23. The smallest absolute Gasteiger partial charge is 0.140 e. The number of para-hydroxylation sites is 1. The molecular weight excluding hydrogens is 164 g/mol. The Labute approximate surface area is 77.8 Å². The highest BCUT2D eigenvalue weighted by molar-refractivity contribution is 5.77. The van der Waals surface area contributed by atoms with Crippen molar-refractivity contribution >= 4 is 11.4 Å². The van der Waals surface area contributed by atoms with Crippen molar-refractivity contribution in [2.24, 2.45) is 0 Å². The van der Waals surface area contributed by atoms with Crippen molar-refractivity contribution in [3.05, 3.63) is 18.2 Å². The van der Waals surface area contributed by atoms with Gasteiger partial charge in [-0.05, 0) is 26.0 Å². The number of phenolic OH excluding ortho intramolecular Hbond substituents is 1. The molecule has 1 aromatic carbocycles. The summed E-state index contributed by atoms with van der Waals surface area (Å²) in [6.07, 6.45) is 0. The molecule has 0 saturated carbocycles. The molecule has 0 fully saturated rings. The highest BCUT2D eigenvalue weighted by Gasteiger charge is 2.25. The second kappa shape index (κ2) is 2.55. The van der Waals surface area contributed by atoms with Crippen molar-refractivity contribution in [2.45, 2.75) is 19.4 Å². The van der Waals surface area contributed by atoms with E-state index in [9.17, 15) is 5.11 Å². The molecule has 0 radical (unpaired) electrons. The van der Waals surface area contributed by atoms with Gasteiger partial charge >= 0.3 is 0 Å². The van der Waals surface area contributed by atoms with Gasteiger partial charge in [0, 0.05) is 12.1 Å². The molecule has 0 unspecified atom stereocenters. The van der Waals surface area contributed by atoms with Crippen LogP contribution in [0.5, 0.6) is 5.75 Å². The van der Waals surface area contributed by atoms with Gasteiger partial charge in [-0.15, -0.1) is 0 Å². The van der Waals surface area contributed by atoms with Gasteiger partial charge in [0.1, 0.15) is 11.4 Å². The van der Waals surface area contributed by atoms with Crippen LogP contribution in [-0.4, -0.2) is 17.2 Å². The average Bonchev–Trinajstić information content (AvgIpc) is 2.06. The standard InChI is InChI=1S/C10H14N2O/c1-10(2)6-11-7-4-3-5-8(13)9(7)12-10/h3-5,11-13H,6H2,1-2H3. The summed E-state index contributed by atoms with van der Waals surface area (Å²) in [6, 6.07) is 5.48. The zero-order valence-corrected chi connectivity index (χ0v) is 7.89. The van der Waals surface area contributed by atoms with E-state index in [1.165, 1.54) is 0 Å². The molecule has 1 aliphatic rings. The lowest BCUT2D eigenvalue weighted by Gasteiger charge is -2.34. The number of anilines is 2. The molecule has 0 bridgehead atoms. The van der Waals surface area contributed by atoms with Gasteiger partial charge in [0.15, 0.2) is 0 Å². The normalized spacial score (nSPS) is 18.3. The zero-order chi connectivity index (χ0) is 9.47. The van der Waals surface area contributed by atoms with Crippen molar-refractivity contribution < 1.29 is 5.11 Å². The van der Waals surface area contributed by atoms with Gasteiger partial charge in [-0.3, -0.25) is 0 Å². The third-order valence-electron chi connectivity index (χ3n) is 2.23. The van der Waals surface area contributed by atoms with Crippen LogP contribution in [0.25, 0.3) is 0 Å². The van der Waals surface area contributed by atoms with Crippen molar-refractivity contribution in [1.82, 2.24) is 0 Å². The first-order valence-corrected chi connectivity index (χ1v) is 4.42. The van der Waals surface area contributed by atoms with E-state index < -0.39 is 0 Å². The number of hydrogen-bond donors (Lipinski definition) is 3. The fraction of sp³-hybridized carbons (Fsp3) is 0.400. The summed E-state index contributed by atoms with van der Waals surface area (Å²) in [6.45, 7) is 5.05. The van der Waals surface area contributed by atoms with Crippen molar-refractivity contribution in [3.63, 3.8) is 0 Å². The van der Waals surface area contributed by atoms with Crippen LogP contribution in [0, 0.1) is 0 Å². The van der Waals surface area contributed by atoms with Crippen LogP contribution in [0.2, 0.25) is 0 Å². The molecule has 0 spiro atoms. The fourth-order valence-electron chi connectivity index (χ4n) is 1.52. The summed E-state index contributed by atoms with van der Waals surface area (Å²) >= 11 is 0. The minimum absolute atomic E-state index is 0.00810. The van der Waals surface area contributed by atoms with E-state index in [0.717, 1.165) is 17.9 Å². The summed E-state index contributed by atoms with van der Waals surface area (Å²) in [7, 11) is 0. The Morgan fingerprint density at radius 3 is 2.92 bits per heavy atom. The van der Waals surface area contributed by atoms with Crippen molar-refractivity contribution in [2.75, 3.05) is 17.2 Å². The van der Waals surface area contributed by atoms with E-state index in [2.05, 4.69) is 24.5 Å². The summed E-state index contributed by atoms with van der Waals surface area (Å²) in [5.74, 6) is 0.303. The Bertz CT molecular complexity index is 334. The summed E-state index contributed by atoms with van der Waals surface area (Å²) in [5, 5.41) is 16.1. The highest BCUT2D eigenvalue weighted by Crippen LogP contribution is 2.36. The van der Waals surface area contributed by atoms with Crippen LogP contribution in [0.1, 0.15) is 13.8 Å². The molecule has 0 aromatic heterocycles. The second-order valence-electron chi connectivity index (χ2n) is 4.06. The van der Waals surface area contributed by atoms with Crippen LogP contribution in [-0.2, 0) is 0 Å². The predicted molar refractivity (Wildman–Crippen MR) is 54.3 cm³/mol. The van der Waals surface area contributed by atoms with Crippen LogP contribution in [0.4, 0.5) is 11.4 Å². The summed E-state index contributed by atoms with van der Waals surface area (Å²) < 4.78 is 0. The summed E-state index contributed by atoms with van der Waals surface area (Å²) in [5.41, 5.74) is 1.77. The third kappa shape index (κ3) is 1.41. The molecule has 2 rings (SSSR count). The Kier molecular flexibility index (Phi) is 1.62. The lowest BCUT2D eigenvalue weighted by molar-refractivity contribution is 0.472. The maximum absolute atomic E-state index is 9.59. The Morgan fingerprint density at radius 1 is 1.38 bits per heavy atom. The lowest BCUT2D eigenvalue weighted by Crippen LogP contribution is -2.42. The molecule has 3 nitrogen and oxygen atoms in total. The van der Waals surface area contributed by atoms with E-state index in [4.69, 9.17) is 0 Å². The first-order valence-electron chi connectivity index (χ1n) is 4.42.